The van der Waals surface area contributed by atoms with Gasteiger partial charge in [0.25, 0.3) is 0 Å². The summed E-state index contributed by atoms with van der Waals surface area (Å²) in [4.78, 5) is 0. The number of benzene rings is 2. The van der Waals surface area contributed by atoms with E-state index in [4.69, 9.17) is 32.7 Å². The highest BCUT2D eigenvalue weighted by Crippen LogP contribution is 2.35. The van der Waals surface area contributed by atoms with Crippen LogP contribution in [0.15, 0.2) is 34.8 Å². The maximum absolute atomic E-state index is 6.22. The Morgan fingerprint density at radius 2 is 1.81 bits per heavy atom. The van der Waals surface area contributed by atoms with Crippen LogP contribution in [0.1, 0.15) is 36.8 Å². The van der Waals surface area contributed by atoms with Crippen molar-refractivity contribution >= 4 is 39.1 Å². The molecule has 0 bridgehead atoms. The van der Waals surface area contributed by atoms with Gasteiger partial charge in [0.1, 0.15) is 6.61 Å². The predicted octanol–water partition coefficient (Wildman–Crippen LogP) is 6.38. The predicted molar refractivity (Wildman–Crippen MR) is 111 cm³/mol. The topological polar surface area (TPSA) is 30.5 Å². The molecule has 1 fully saturated rings. The van der Waals surface area contributed by atoms with Crippen LogP contribution in [0.3, 0.4) is 0 Å². The van der Waals surface area contributed by atoms with E-state index in [1.54, 1.807) is 19.2 Å². The van der Waals surface area contributed by atoms with E-state index in [9.17, 15) is 0 Å². The normalized spacial score (nSPS) is 14.6. The van der Waals surface area contributed by atoms with Gasteiger partial charge < -0.3 is 14.8 Å². The SMILES string of the molecule is COc1cc(CNC2CCCC2)c(Br)cc1OCc1c(Cl)cccc1Cl. The third-order valence-corrected chi connectivity index (χ3v) is 6.15. The van der Waals surface area contributed by atoms with Crippen LogP contribution in [-0.4, -0.2) is 13.2 Å². The van der Waals surface area contributed by atoms with Gasteiger partial charge in [-0.25, -0.2) is 0 Å². The third kappa shape index (κ3) is 4.86. The molecule has 0 spiro atoms. The maximum Gasteiger partial charge on any atom is 0.162 e. The quantitative estimate of drug-likeness (QED) is 0.522. The largest absolute Gasteiger partial charge is 0.493 e. The van der Waals surface area contributed by atoms with E-state index in [-0.39, 0.29) is 6.61 Å². The zero-order valence-electron chi connectivity index (χ0n) is 14.7. The summed E-state index contributed by atoms with van der Waals surface area (Å²) >= 11 is 16.1. The molecule has 1 N–H and O–H groups in total. The first-order valence-corrected chi connectivity index (χ1v) is 10.3. The Balaban J connectivity index is 1.71. The number of hydrogen-bond acceptors (Lipinski definition) is 3. The van der Waals surface area contributed by atoms with Gasteiger partial charge in [0.2, 0.25) is 0 Å². The molecule has 0 aromatic heterocycles. The second-order valence-electron chi connectivity index (χ2n) is 6.45. The van der Waals surface area contributed by atoms with Crippen molar-refractivity contribution in [1.29, 1.82) is 0 Å². The van der Waals surface area contributed by atoms with Gasteiger partial charge in [0.05, 0.1) is 7.11 Å². The van der Waals surface area contributed by atoms with Crippen molar-refractivity contribution in [3.8, 4) is 11.5 Å². The molecule has 1 aliphatic rings. The zero-order chi connectivity index (χ0) is 18.5. The van der Waals surface area contributed by atoms with Crippen molar-refractivity contribution in [2.75, 3.05) is 7.11 Å². The first-order chi connectivity index (χ1) is 12.6. The van der Waals surface area contributed by atoms with Crippen LogP contribution in [0.5, 0.6) is 11.5 Å². The minimum absolute atomic E-state index is 0.279. The molecule has 3 nitrogen and oxygen atoms in total. The first kappa shape index (κ1) is 19.8. The highest BCUT2D eigenvalue weighted by Gasteiger charge is 2.16. The molecule has 6 heteroatoms. The Bertz CT molecular complexity index is 743. The molecule has 0 amide bonds. The molecule has 2 aromatic carbocycles. The number of halogens is 3. The third-order valence-electron chi connectivity index (χ3n) is 4.70. The van der Waals surface area contributed by atoms with Crippen molar-refractivity contribution in [2.45, 2.75) is 44.9 Å². The van der Waals surface area contributed by atoms with Crippen molar-refractivity contribution in [3.63, 3.8) is 0 Å². The summed E-state index contributed by atoms with van der Waals surface area (Å²) in [7, 11) is 1.65. The number of rotatable bonds is 7. The molecule has 26 heavy (non-hydrogen) atoms. The van der Waals surface area contributed by atoms with Crippen LogP contribution in [0.25, 0.3) is 0 Å². The highest BCUT2D eigenvalue weighted by atomic mass is 79.9. The molecule has 1 aliphatic carbocycles. The summed E-state index contributed by atoms with van der Waals surface area (Å²) in [6.07, 6.45) is 5.15. The summed E-state index contributed by atoms with van der Waals surface area (Å²) in [5.41, 5.74) is 1.91. The second-order valence-corrected chi connectivity index (χ2v) is 8.11. The van der Waals surface area contributed by atoms with Crippen LogP contribution in [0.4, 0.5) is 0 Å². The summed E-state index contributed by atoms with van der Waals surface area (Å²) in [6, 6.07) is 9.99. The molecule has 2 aromatic rings. The van der Waals surface area contributed by atoms with Gasteiger partial charge in [-0.3, -0.25) is 0 Å². The fourth-order valence-corrected chi connectivity index (χ4v) is 4.16. The molecular formula is C20H22BrCl2NO2. The van der Waals surface area contributed by atoms with Gasteiger partial charge in [-0.1, -0.05) is 58.0 Å². The molecule has 140 valence electrons. The van der Waals surface area contributed by atoms with E-state index >= 15 is 0 Å². The van der Waals surface area contributed by atoms with Gasteiger partial charge >= 0.3 is 0 Å². The zero-order valence-corrected chi connectivity index (χ0v) is 17.8. The van der Waals surface area contributed by atoms with Crippen molar-refractivity contribution in [2.24, 2.45) is 0 Å². The molecular weight excluding hydrogens is 437 g/mol. The molecule has 1 saturated carbocycles. The van der Waals surface area contributed by atoms with E-state index in [2.05, 4.69) is 21.2 Å². The fraction of sp³-hybridized carbons (Fsp3) is 0.400. The Hall–Kier alpha value is -0.940. The van der Waals surface area contributed by atoms with E-state index in [1.807, 2.05) is 18.2 Å². The molecule has 0 radical (unpaired) electrons. The average Bonchev–Trinajstić information content (AvgIpc) is 3.14. The lowest BCUT2D eigenvalue weighted by Crippen LogP contribution is -2.25. The van der Waals surface area contributed by atoms with E-state index in [1.165, 1.54) is 25.7 Å². The van der Waals surface area contributed by atoms with Gasteiger partial charge in [0.15, 0.2) is 11.5 Å². The summed E-state index contributed by atoms with van der Waals surface area (Å²) in [5, 5.41) is 4.80. The lowest BCUT2D eigenvalue weighted by atomic mass is 10.1. The lowest BCUT2D eigenvalue weighted by molar-refractivity contribution is 0.284. The number of ether oxygens (including phenoxy) is 2. The summed E-state index contributed by atoms with van der Waals surface area (Å²) in [5.74, 6) is 1.35. The highest BCUT2D eigenvalue weighted by molar-refractivity contribution is 9.10. The second kappa shape index (κ2) is 9.32. The first-order valence-electron chi connectivity index (χ1n) is 8.74. The standard InChI is InChI=1S/C20H22BrCl2NO2/c1-25-19-9-13(11-24-14-5-2-3-6-14)16(21)10-20(19)26-12-15-17(22)7-4-8-18(15)23/h4,7-10,14,24H,2-3,5-6,11-12H2,1H3. The minimum atomic E-state index is 0.279. The molecule has 0 unspecified atom stereocenters. The smallest absolute Gasteiger partial charge is 0.162 e. The van der Waals surface area contributed by atoms with E-state index < -0.39 is 0 Å². The number of methoxy groups -OCH3 is 1. The van der Waals surface area contributed by atoms with E-state index in [0.29, 0.717) is 27.6 Å². The molecule has 0 aliphatic heterocycles. The Morgan fingerprint density at radius 3 is 2.46 bits per heavy atom. The van der Waals surface area contributed by atoms with Crippen LogP contribution in [-0.2, 0) is 13.2 Å². The van der Waals surface area contributed by atoms with Gasteiger partial charge in [0, 0.05) is 32.7 Å². The van der Waals surface area contributed by atoms with Crippen LogP contribution in [0.2, 0.25) is 10.0 Å². The lowest BCUT2D eigenvalue weighted by Gasteiger charge is -2.17. The summed E-state index contributed by atoms with van der Waals surface area (Å²) < 4.78 is 12.5. The Kier molecular flexibility index (Phi) is 7.10. The number of hydrogen-bond donors (Lipinski definition) is 1. The molecule has 0 atom stereocenters. The molecule has 3 rings (SSSR count). The van der Waals surface area contributed by atoms with Crippen LogP contribution < -0.4 is 14.8 Å². The van der Waals surface area contributed by atoms with Crippen molar-refractivity contribution in [3.05, 3.63) is 56.0 Å². The van der Waals surface area contributed by atoms with Crippen LogP contribution in [0, 0.1) is 0 Å². The number of nitrogens with one attached hydrogen (secondary N) is 1. The Morgan fingerprint density at radius 1 is 1.12 bits per heavy atom. The van der Waals surface area contributed by atoms with Crippen molar-refractivity contribution < 1.29 is 9.47 Å². The van der Waals surface area contributed by atoms with Crippen molar-refractivity contribution in [1.82, 2.24) is 5.32 Å². The molecule has 0 saturated heterocycles. The minimum Gasteiger partial charge on any atom is -0.493 e. The Labute approximate surface area is 173 Å². The summed E-state index contributed by atoms with van der Waals surface area (Å²) in [6.45, 7) is 1.08. The average molecular weight is 459 g/mol. The van der Waals surface area contributed by atoms with E-state index in [0.717, 1.165) is 22.1 Å². The van der Waals surface area contributed by atoms with Gasteiger partial charge in [-0.15, -0.1) is 0 Å². The monoisotopic (exact) mass is 457 g/mol. The fourth-order valence-electron chi connectivity index (χ4n) is 3.19. The van der Waals surface area contributed by atoms with Crippen LogP contribution >= 0.6 is 39.1 Å². The van der Waals surface area contributed by atoms with Gasteiger partial charge in [-0.05, 0) is 42.7 Å². The molecule has 0 heterocycles. The van der Waals surface area contributed by atoms with Gasteiger partial charge in [-0.2, -0.15) is 0 Å². The maximum atomic E-state index is 6.22.